The molecule has 0 aliphatic carbocycles. The predicted molar refractivity (Wildman–Crippen MR) is 444 cm³/mol. The number of alkyl halides is 3. The van der Waals surface area contributed by atoms with Crippen LogP contribution in [-0.4, -0.2) is 68.9 Å². The number of halogens is 8. The molecule has 0 saturated heterocycles. The third kappa shape index (κ3) is 13.2. The zero-order valence-electron chi connectivity index (χ0n) is 62.0. The molecule has 22 heteroatoms. The molecular formula is C97H54F8N14. The van der Waals surface area contributed by atoms with Gasteiger partial charge >= 0.3 is 6.18 Å². The number of hydrogen-bond donors (Lipinski definition) is 0. The van der Waals surface area contributed by atoms with E-state index in [9.17, 15) is 0 Å². The summed E-state index contributed by atoms with van der Waals surface area (Å²) in [4.78, 5) is 60.0. The van der Waals surface area contributed by atoms with E-state index in [2.05, 4.69) is 0 Å². The Morgan fingerprint density at radius 3 is 0.546 bits per heavy atom. The van der Waals surface area contributed by atoms with E-state index in [0.717, 1.165) is 0 Å². The number of rotatable bonds is 15. The molecule has 0 atom stereocenters. The van der Waals surface area contributed by atoms with Crippen molar-refractivity contribution < 1.29 is 35.1 Å². The molecule has 0 N–H and O–H groups in total. The Morgan fingerprint density at radius 1 is 0.185 bits per heavy atom. The lowest BCUT2D eigenvalue weighted by molar-refractivity contribution is -0.137. The topological polar surface area (TPSA) is 165 Å². The molecule has 6 heterocycles. The molecule has 0 fully saturated rings. The molecule has 568 valence electrons. The van der Waals surface area contributed by atoms with Crippen molar-refractivity contribution in [2.24, 2.45) is 0 Å². The number of benzene rings is 14. The second-order valence-electron chi connectivity index (χ2n) is 28.1. The van der Waals surface area contributed by atoms with E-state index in [1.54, 1.807) is 72.8 Å². The fourth-order valence-electron chi connectivity index (χ4n) is 15.1. The van der Waals surface area contributed by atoms with E-state index in [1.807, 2.05) is 243 Å². The molecule has 20 rings (SSSR count). The molecule has 0 aliphatic rings. The lowest BCUT2D eigenvalue weighted by atomic mass is 9.96. The highest BCUT2D eigenvalue weighted by molar-refractivity contribution is 6.14. The van der Waals surface area contributed by atoms with E-state index >= 15 is 35.1 Å². The van der Waals surface area contributed by atoms with Crippen LogP contribution in [0.1, 0.15) is 5.56 Å². The molecule has 14 aromatic carbocycles. The minimum Gasteiger partial charge on any atom is -0.309 e. The van der Waals surface area contributed by atoms with Crippen molar-refractivity contribution in [1.29, 1.82) is 0 Å². The second-order valence-corrected chi connectivity index (χ2v) is 28.1. The van der Waals surface area contributed by atoms with Crippen molar-refractivity contribution >= 4 is 43.6 Å². The summed E-state index contributed by atoms with van der Waals surface area (Å²) in [5.41, 5.74) is 1.92. The third-order valence-corrected chi connectivity index (χ3v) is 20.7. The summed E-state index contributed by atoms with van der Waals surface area (Å²) in [5, 5.41) is 1.15. The SMILES string of the molecule is Fc1c(F)c(F)c(-c2c(-n3c4ccc(-c5nc(-c6ccccc6)nc(-c6ccccc6)n5)cc4c4cc(-c5nc(-c6ccccc6)nc(-c6ccccc6)n5)ccc43)cc(C(F)(F)F)cc2-n2c3ccc(-c4nc(-c5ccccc5)nc(-c5ccccc5)n4)cc3c3cc(-c4nc(-c5ccccc5)nc(-c5ccccc5)n4)ccc32)c(F)c1F. The Hall–Kier alpha value is -15.8. The van der Waals surface area contributed by atoms with Gasteiger partial charge in [0.25, 0.3) is 0 Å². The molecule has 0 spiro atoms. The van der Waals surface area contributed by atoms with Crippen LogP contribution >= 0.6 is 0 Å². The van der Waals surface area contributed by atoms with Gasteiger partial charge in [-0.3, -0.25) is 0 Å². The molecule has 0 bridgehead atoms. The number of fused-ring (bicyclic) bond motifs is 6. The summed E-state index contributed by atoms with van der Waals surface area (Å²) < 4.78 is 139. The minimum atomic E-state index is -5.31. The fraction of sp³-hybridized carbons (Fsp3) is 0.0103. The molecular weight excluding hydrogens is 1510 g/mol. The van der Waals surface area contributed by atoms with Crippen molar-refractivity contribution in [3.05, 3.63) is 362 Å². The first kappa shape index (κ1) is 72.1. The molecule has 0 saturated carbocycles. The Bertz CT molecular complexity index is 6350. The Morgan fingerprint density at radius 2 is 0.361 bits per heavy atom. The first-order valence-corrected chi connectivity index (χ1v) is 37.6. The van der Waals surface area contributed by atoms with Gasteiger partial charge in [0.05, 0.1) is 44.6 Å². The van der Waals surface area contributed by atoms with Gasteiger partial charge in [-0.2, -0.15) is 13.2 Å². The van der Waals surface area contributed by atoms with Gasteiger partial charge in [0.15, 0.2) is 93.2 Å². The smallest absolute Gasteiger partial charge is 0.309 e. The van der Waals surface area contributed by atoms with Crippen LogP contribution in [0.15, 0.2) is 328 Å². The van der Waals surface area contributed by atoms with Gasteiger partial charge in [0.1, 0.15) is 0 Å². The van der Waals surface area contributed by atoms with Crippen LogP contribution in [-0.2, 0) is 6.18 Å². The summed E-state index contributed by atoms with van der Waals surface area (Å²) in [6.45, 7) is 0. The van der Waals surface area contributed by atoms with Crippen LogP contribution < -0.4 is 0 Å². The highest BCUT2D eigenvalue weighted by Gasteiger charge is 2.38. The van der Waals surface area contributed by atoms with E-state index in [0.29, 0.717) is 125 Å². The van der Waals surface area contributed by atoms with Crippen LogP contribution in [0.25, 0.3) is 203 Å². The quantitative estimate of drug-likeness (QED) is 0.0543. The lowest BCUT2D eigenvalue weighted by Gasteiger charge is -2.23. The molecule has 6 aromatic heterocycles. The monoisotopic (exact) mass is 1570 g/mol. The van der Waals surface area contributed by atoms with Crippen LogP contribution in [0.4, 0.5) is 35.1 Å². The summed E-state index contributed by atoms with van der Waals surface area (Å²) in [6.07, 6.45) is -5.31. The maximum absolute atomic E-state index is 18.1. The largest absolute Gasteiger partial charge is 0.416 e. The van der Waals surface area contributed by atoms with E-state index in [1.165, 1.54) is 9.13 Å². The standard InChI is InChI=1S/C97H54F8N14/c98-80-79(81(99)83(101)84(102)82(80)100)78-76(118-72-45-41-63(93-110-85(55-25-9-1-10-26-55)106-86(111-93)56-27-11-2-12-28-56)49-68(72)69-50-64(42-46-73(69)118)94-112-87(57-29-13-3-14-30-57)107-88(113-94)58-31-15-4-16-32-58)53-67(97(103,104)105)54-77(78)119-74-47-43-65(95-114-89(59-33-17-5-18-34-59)108-90(115-95)60-35-19-6-20-36-60)51-70(74)71-52-66(44-48-75(71)119)96-116-91(61-37-21-7-22-38-61)109-92(117-96)62-39-23-8-24-40-62/h1-54H. The van der Waals surface area contributed by atoms with Gasteiger partial charge in [-0.25, -0.2) is 81.8 Å². The van der Waals surface area contributed by atoms with Crippen LogP contribution in [0, 0.1) is 29.1 Å². The molecule has 0 aliphatic heterocycles. The Labute approximate surface area is 671 Å². The fourth-order valence-corrected chi connectivity index (χ4v) is 15.1. The van der Waals surface area contributed by atoms with E-state index in [4.69, 9.17) is 59.8 Å². The highest BCUT2D eigenvalue weighted by Crippen LogP contribution is 2.49. The Kier molecular flexibility index (Phi) is 17.9. The van der Waals surface area contributed by atoms with Crippen molar-refractivity contribution in [1.82, 2.24) is 68.9 Å². The average molecular weight is 1570 g/mol. The number of nitrogens with zero attached hydrogens (tertiary/aromatic N) is 14. The van der Waals surface area contributed by atoms with E-state index in [-0.39, 0.29) is 66.9 Å². The predicted octanol–water partition coefficient (Wildman–Crippen LogP) is 24.0. The first-order valence-electron chi connectivity index (χ1n) is 37.6. The van der Waals surface area contributed by atoms with Crippen molar-refractivity contribution in [2.75, 3.05) is 0 Å². The van der Waals surface area contributed by atoms with Crippen molar-refractivity contribution in [3.8, 4) is 159 Å². The van der Waals surface area contributed by atoms with Gasteiger partial charge in [-0.05, 0) is 84.9 Å². The number of hydrogen-bond acceptors (Lipinski definition) is 12. The number of aromatic nitrogens is 14. The minimum absolute atomic E-state index is 0.0863. The van der Waals surface area contributed by atoms with Gasteiger partial charge < -0.3 is 9.13 Å². The molecule has 14 nitrogen and oxygen atoms in total. The zero-order chi connectivity index (χ0) is 80.6. The second kappa shape index (κ2) is 29.5. The summed E-state index contributed by atoms with van der Waals surface area (Å²) >= 11 is 0. The van der Waals surface area contributed by atoms with Gasteiger partial charge in [0, 0.05) is 93.9 Å². The molecule has 0 unspecified atom stereocenters. The Balaban J connectivity index is 0.895. The summed E-state index contributed by atoms with van der Waals surface area (Å²) in [5.74, 6) is -8.80. The van der Waals surface area contributed by atoms with Crippen molar-refractivity contribution in [3.63, 3.8) is 0 Å². The van der Waals surface area contributed by atoms with Crippen LogP contribution in [0.2, 0.25) is 0 Å². The van der Waals surface area contributed by atoms with Crippen LogP contribution in [0.3, 0.4) is 0 Å². The maximum Gasteiger partial charge on any atom is 0.416 e. The summed E-state index contributed by atoms with van der Waals surface area (Å²) in [7, 11) is 0. The summed E-state index contributed by atoms with van der Waals surface area (Å²) in [6, 6.07) is 94.9. The van der Waals surface area contributed by atoms with Crippen LogP contribution in [0.5, 0.6) is 0 Å². The van der Waals surface area contributed by atoms with Crippen molar-refractivity contribution in [2.45, 2.75) is 6.18 Å². The van der Waals surface area contributed by atoms with Gasteiger partial charge in [-0.1, -0.05) is 243 Å². The third-order valence-electron chi connectivity index (χ3n) is 20.7. The lowest BCUT2D eigenvalue weighted by Crippen LogP contribution is -2.13. The van der Waals surface area contributed by atoms with Gasteiger partial charge in [-0.15, -0.1) is 0 Å². The molecule has 20 aromatic rings. The maximum atomic E-state index is 18.1. The highest BCUT2D eigenvalue weighted by atomic mass is 19.4. The molecule has 119 heavy (non-hydrogen) atoms. The molecule has 0 amide bonds. The average Bonchev–Trinajstić information content (AvgIpc) is 1.60. The van der Waals surface area contributed by atoms with E-state index < -0.39 is 63.3 Å². The van der Waals surface area contributed by atoms with Gasteiger partial charge in [0.2, 0.25) is 5.82 Å². The zero-order valence-corrected chi connectivity index (χ0v) is 62.0. The molecule has 0 radical (unpaired) electrons. The normalized spacial score (nSPS) is 11.7. The first-order chi connectivity index (χ1) is 58.2.